The summed E-state index contributed by atoms with van der Waals surface area (Å²) < 4.78 is 0. The van der Waals surface area contributed by atoms with Gasteiger partial charge in [-0.3, -0.25) is 4.98 Å². The van der Waals surface area contributed by atoms with Crippen LogP contribution in [0.5, 0.6) is 0 Å². The van der Waals surface area contributed by atoms with Gasteiger partial charge in [-0.15, -0.1) is 0 Å². The molecule has 0 saturated carbocycles. The quantitative estimate of drug-likeness (QED) is 0.917. The van der Waals surface area contributed by atoms with Gasteiger partial charge in [0.25, 0.3) is 0 Å². The SMILES string of the molecule is CNC(C)c1cnc(-c2cc(C)nc(C)c2)nc1C. The predicted molar refractivity (Wildman–Crippen MR) is 76.9 cm³/mol. The zero-order valence-electron chi connectivity index (χ0n) is 12.2. The maximum Gasteiger partial charge on any atom is 0.159 e. The Hall–Kier alpha value is -1.81. The first-order chi connectivity index (χ1) is 9.01. The highest BCUT2D eigenvalue weighted by Gasteiger charge is 2.10. The van der Waals surface area contributed by atoms with Gasteiger partial charge in [-0.05, 0) is 46.9 Å². The van der Waals surface area contributed by atoms with E-state index in [1.807, 2.05) is 46.1 Å². The van der Waals surface area contributed by atoms with Crippen LogP contribution >= 0.6 is 0 Å². The normalized spacial score (nSPS) is 12.5. The summed E-state index contributed by atoms with van der Waals surface area (Å²) >= 11 is 0. The van der Waals surface area contributed by atoms with Gasteiger partial charge in [0.2, 0.25) is 0 Å². The van der Waals surface area contributed by atoms with Crippen molar-refractivity contribution >= 4 is 0 Å². The van der Waals surface area contributed by atoms with Crippen molar-refractivity contribution in [3.05, 3.63) is 41.0 Å². The van der Waals surface area contributed by atoms with E-state index in [0.717, 1.165) is 34.0 Å². The number of pyridine rings is 1. The first kappa shape index (κ1) is 13.6. The molecule has 1 atom stereocenters. The number of nitrogens with one attached hydrogen (secondary N) is 1. The van der Waals surface area contributed by atoms with E-state index in [9.17, 15) is 0 Å². The number of hydrogen-bond donors (Lipinski definition) is 1. The van der Waals surface area contributed by atoms with Crippen LogP contribution in [-0.4, -0.2) is 22.0 Å². The van der Waals surface area contributed by atoms with Crippen molar-refractivity contribution in [3.63, 3.8) is 0 Å². The lowest BCUT2D eigenvalue weighted by molar-refractivity contribution is 0.641. The Bertz CT molecular complexity index is 572. The molecule has 0 saturated heterocycles. The highest BCUT2D eigenvalue weighted by molar-refractivity contribution is 5.56. The van der Waals surface area contributed by atoms with Gasteiger partial charge in [0.15, 0.2) is 5.82 Å². The second kappa shape index (κ2) is 5.45. The van der Waals surface area contributed by atoms with Crippen LogP contribution in [-0.2, 0) is 0 Å². The van der Waals surface area contributed by atoms with Crippen LogP contribution in [0.1, 0.15) is 35.6 Å². The van der Waals surface area contributed by atoms with E-state index in [0.29, 0.717) is 0 Å². The lowest BCUT2D eigenvalue weighted by Gasteiger charge is -2.13. The molecule has 0 aliphatic carbocycles. The number of rotatable bonds is 3. The van der Waals surface area contributed by atoms with E-state index in [-0.39, 0.29) is 6.04 Å². The molecule has 1 N–H and O–H groups in total. The number of aryl methyl sites for hydroxylation is 3. The first-order valence-electron chi connectivity index (χ1n) is 6.47. The summed E-state index contributed by atoms with van der Waals surface area (Å²) in [5.74, 6) is 0.762. The van der Waals surface area contributed by atoms with Crippen molar-refractivity contribution in [2.24, 2.45) is 0 Å². The molecule has 2 aromatic rings. The third kappa shape index (κ3) is 2.96. The average Bonchev–Trinajstić information content (AvgIpc) is 2.36. The highest BCUT2D eigenvalue weighted by atomic mass is 14.9. The molecule has 0 amide bonds. The molecule has 0 bridgehead atoms. The van der Waals surface area contributed by atoms with E-state index in [2.05, 4.69) is 27.2 Å². The van der Waals surface area contributed by atoms with E-state index < -0.39 is 0 Å². The second-order valence-corrected chi connectivity index (χ2v) is 4.88. The van der Waals surface area contributed by atoms with E-state index in [4.69, 9.17) is 0 Å². The molecule has 4 nitrogen and oxygen atoms in total. The molecular formula is C15H20N4. The van der Waals surface area contributed by atoms with Gasteiger partial charge in [0, 0.05) is 40.4 Å². The third-order valence-electron chi connectivity index (χ3n) is 3.26. The van der Waals surface area contributed by atoms with Crippen molar-refractivity contribution in [1.82, 2.24) is 20.3 Å². The molecule has 1 unspecified atom stereocenters. The summed E-state index contributed by atoms with van der Waals surface area (Å²) in [6.07, 6.45) is 1.91. The molecule has 0 fully saturated rings. The number of aromatic nitrogens is 3. The van der Waals surface area contributed by atoms with Gasteiger partial charge >= 0.3 is 0 Å². The van der Waals surface area contributed by atoms with Gasteiger partial charge in [-0.2, -0.15) is 0 Å². The van der Waals surface area contributed by atoms with E-state index >= 15 is 0 Å². The van der Waals surface area contributed by atoms with Crippen LogP contribution in [0.3, 0.4) is 0 Å². The molecule has 0 aliphatic rings. The maximum atomic E-state index is 4.62. The van der Waals surface area contributed by atoms with Crippen molar-refractivity contribution in [2.45, 2.75) is 33.7 Å². The minimum atomic E-state index is 0.259. The molecule has 100 valence electrons. The molecule has 2 rings (SSSR count). The van der Waals surface area contributed by atoms with Crippen LogP contribution in [0.15, 0.2) is 18.3 Å². The maximum absolute atomic E-state index is 4.62. The Morgan fingerprint density at radius 1 is 1.05 bits per heavy atom. The summed E-state index contributed by atoms with van der Waals surface area (Å²) in [6.45, 7) is 8.10. The molecule has 2 heterocycles. The lowest BCUT2D eigenvalue weighted by Crippen LogP contribution is -2.15. The number of nitrogens with zero attached hydrogens (tertiary/aromatic N) is 3. The van der Waals surface area contributed by atoms with Gasteiger partial charge in [-0.25, -0.2) is 9.97 Å². The second-order valence-electron chi connectivity index (χ2n) is 4.88. The Morgan fingerprint density at radius 3 is 2.21 bits per heavy atom. The molecule has 0 aromatic carbocycles. The minimum Gasteiger partial charge on any atom is -0.313 e. The summed E-state index contributed by atoms with van der Waals surface area (Å²) in [7, 11) is 1.94. The van der Waals surface area contributed by atoms with Crippen LogP contribution in [0.2, 0.25) is 0 Å². The van der Waals surface area contributed by atoms with Gasteiger partial charge in [0.05, 0.1) is 0 Å². The number of hydrogen-bond acceptors (Lipinski definition) is 4. The Labute approximate surface area is 114 Å². The first-order valence-corrected chi connectivity index (χ1v) is 6.47. The van der Waals surface area contributed by atoms with E-state index in [1.54, 1.807) is 0 Å². The monoisotopic (exact) mass is 256 g/mol. The minimum absolute atomic E-state index is 0.259. The van der Waals surface area contributed by atoms with Gasteiger partial charge < -0.3 is 5.32 Å². The summed E-state index contributed by atoms with van der Waals surface area (Å²) in [5.41, 5.74) is 5.15. The molecule has 4 heteroatoms. The van der Waals surface area contributed by atoms with Crippen LogP contribution < -0.4 is 5.32 Å². The predicted octanol–water partition coefficient (Wildman–Crippen LogP) is 2.74. The van der Waals surface area contributed by atoms with Crippen molar-refractivity contribution in [1.29, 1.82) is 0 Å². The zero-order valence-corrected chi connectivity index (χ0v) is 12.2. The summed E-state index contributed by atoms with van der Waals surface area (Å²) in [5, 5.41) is 3.21. The molecular weight excluding hydrogens is 236 g/mol. The molecule has 0 aliphatic heterocycles. The van der Waals surface area contributed by atoms with Crippen molar-refractivity contribution < 1.29 is 0 Å². The Balaban J connectivity index is 2.44. The summed E-state index contributed by atoms with van der Waals surface area (Å²) in [6, 6.07) is 4.29. The van der Waals surface area contributed by atoms with Gasteiger partial charge in [-0.1, -0.05) is 0 Å². The fourth-order valence-electron chi connectivity index (χ4n) is 2.16. The van der Waals surface area contributed by atoms with Crippen molar-refractivity contribution in [3.8, 4) is 11.4 Å². The summed E-state index contributed by atoms with van der Waals surface area (Å²) in [4.78, 5) is 13.5. The smallest absolute Gasteiger partial charge is 0.159 e. The zero-order chi connectivity index (χ0) is 14.0. The van der Waals surface area contributed by atoms with E-state index in [1.165, 1.54) is 0 Å². The van der Waals surface area contributed by atoms with Gasteiger partial charge in [0.1, 0.15) is 0 Å². The fraction of sp³-hybridized carbons (Fsp3) is 0.400. The largest absolute Gasteiger partial charge is 0.313 e. The molecule has 0 spiro atoms. The topological polar surface area (TPSA) is 50.7 Å². The van der Waals surface area contributed by atoms with Crippen LogP contribution in [0.4, 0.5) is 0 Å². The highest BCUT2D eigenvalue weighted by Crippen LogP contribution is 2.20. The van der Waals surface area contributed by atoms with Crippen molar-refractivity contribution in [2.75, 3.05) is 7.05 Å². The molecule has 2 aromatic heterocycles. The standard InChI is InChI=1S/C15H20N4/c1-9-6-13(7-10(2)18-9)15-17-8-14(11(3)16-5)12(4)19-15/h6-8,11,16H,1-5H3. The lowest BCUT2D eigenvalue weighted by atomic mass is 10.1. The van der Waals surface area contributed by atoms with Crippen LogP contribution in [0.25, 0.3) is 11.4 Å². The Morgan fingerprint density at radius 2 is 1.68 bits per heavy atom. The molecule has 0 radical (unpaired) electrons. The van der Waals surface area contributed by atoms with Crippen LogP contribution in [0, 0.1) is 20.8 Å². The third-order valence-corrected chi connectivity index (χ3v) is 3.26. The fourth-order valence-corrected chi connectivity index (χ4v) is 2.16. The average molecular weight is 256 g/mol. The molecule has 19 heavy (non-hydrogen) atoms. The Kier molecular flexibility index (Phi) is 3.90.